The monoisotopic (exact) mass is 770 g/mol. The first-order valence-corrected chi connectivity index (χ1v) is 18.7. The van der Waals surface area contributed by atoms with Crippen molar-refractivity contribution < 1.29 is 50.5 Å². The molecule has 6 aromatic carbocycles. The molecular weight excluding hydrogens is 741 g/mol. The van der Waals surface area contributed by atoms with Gasteiger partial charge in [-0.25, -0.2) is 4.79 Å². The highest BCUT2D eigenvalue weighted by atomic mass is 32.2. The quantitative estimate of drug-likeness (QED) is 0.0795. The Labute approximate surface area is 307 Å². The van der Waals surface area contributed by atoms with E-state index in [0.717, 1.165) is 12.1 Å². The van der Waals surface area contributed by atoms with E-state index in [2.05, 4.69) is 21.3 Å². The Morgan fingerprint density at radius 3 is 1.26 bits per heavy atom. The summed E-state index contributed by atoms with van der Waals surface area (Å²) in [6.45, 7) is 3.26. The van der Waals surface area contributed by atoms with E-state index in [9.17, 15) is 50.5 Å². The van der Waals surface area contributed by atoms with Crippen molar-refractivity contribution >= 4 is 82.4 Å². The fraction of sp³-hybridized carbons (Fsp3) is 0.0541. The number of carbonyl (C=O) groups is 3. The standard InChI is InChI=1S/C37H30N4O11S2/c1-19-17-21(38-29-7-3-5-27-25(29)13-15-31(33(27)42)53(47,48)49)9-11-23(19)35(44)40-37(46)41-36(45)24-12-10-22(18-20(24)2)39-30-8-4-6-28-26(30)14-16-32(34(28)43)54(50,51)52/h3-18,38-39,42-43H,1-2H3,(H,47,48,49)(H,50,51,52)(H2,40,41,44,45,46). The van der Waals surface area contributed by atoms with E-state index >= 15 is 0 Å². The van der Waals surface area contributed by atoms with Gasteiger partial charge in [0.15, 0.2) is 0 Å². The summed E-state index contributed by atoms with van der Waals surface area (Å²) < 4.78 is 65.2. The summed E-state index contributed by atoms with van der Waals surface area (Å²) in [5.41, 5.74) is 3.23. The first kappa shape index (κ1) is 37.2. The summed E-state index contributed by atoms with van der Waals surface area (Å²) in [5, 5.41) is 32.7. The number of benzene rings is 6. The molecule has 0 saturated heterocycles. The number of aromatic hydroxyl groups is 2. The second-order valence-electron chi connectivity index (χ2n) is 12.1. The summed E-state index contributed by atoms with van der Waals surface area (Å²) in [6.07, 6.45) is 0. The Morgan fingerprint density at radius 2 is 0.907 bits per heavy atom. The third kappa shape index (κ3) is 7.50. The lowest BCUT2D eigenvalue weighted by molar-refractivity contribution is 0.0944. The Hall–Kier alpha value is -6.53. The lowest BCUT2D eigenvalue weighted by atomic mass is 10.1. The topological polar surface area (TPSA) is 249 Å². The molecule has 54 heavy (non-hydrogen) atoms. The first-order valence-electron chi connectivity index (χ1n) is 15.8. The normalized spacial score (nSPS) is 11.6. The van der Waals surface area contributed by atoms with Gasteiger partial charge in [0.2, 0.25) is 0 Å². The van der Waals surface area contributed by atoms with Gasteiger partial charge in [-0.1, -0.05) is 36.4 Å². The molecule has 17 heteroatoms. The van der Waals surface area contributed by atoms with Crippen LogP contribution in [0.4, 0.5) is 27.5 Å². The Morgan fingerprint density at radius 1 is 0.519 bits per heavy atom. The molecule has 0 aromatic heterocycles. The first-order chi connectivity index (χ1) is 25.4. The van der Waals surface area contributed by atoms with Crippen LogP contribution in [0.3, 0.4) is 0 Å². The fourth-order valence-corrected chi connectivity index (χ4v) is 7.14. The number of amides is 4. The highest BCUT2D eigenvalue weighted by molar-refractivity contribution is 7.86. The highest BCUT2D eigenvalue weighted by Crippen LogP contribution is 2.38. The number of fused-ring (bicyclic) bond motifs is 2. The largest absolute Gasteiger partial charge is 0.506 e. The molecule has 0 saturated carbocycles. The number of nitrogens with one attached hydrogen (secondary N) is 4. The maximum absolute atomic E-state index is 13.0. The van der Waals surface area contributed by atoms with Gasteiger partial charge in [0.25, 0.3) is 32.1 Å². The molecule has 0 aliphatic rings. The van der Waals surface area contributed by atoms with E-state index in [4.69, 9.17) is 0 Å². The zero-order valence-corrected chi connectivity index (χ0v) is 29.8. The molecule has 276 valence electrons. The van der Waals surface area contributed by atoms with Crippen LogP contribution in [-0.2, 0) is 20.2 Å². The summed E-state index contributed by atoms with van der Waals surface area (Å²) in [4.78, 5) is 37.4. The summed E-state index contributed by atoms with van der Waals surface area (Å²) >= 11 is 0. The van der Waals surface area contributed by atoms with Crippen molar-refractivity contribution in [2.45, 2.75) is 23.6 Å². The van der Waals surface area contributed by atoms with Crippen LogP contribution >= 0.6 is 0 Å². The number of urea groups is 1. The molecule has 0 atom stereocenters. The molecule has 0 bridgehead atoms. The minimum Gasteiger partial charge on any atom is -0.506 e. The van der Waals surface area contributed by atoms with Crippen LogP contribution in [-0.4, -0.2) is 54.0 Å². The number of carbonyl (C=O) groups excluding carboxylic acids is 3. The van der Waals surface area contributed by atoms with E-state index in [0.29, 0.717) is 44.6 Å². The number of anilines is 4. The second kappa shape index (κ2) is 14.1. The molecular formula is C37H30N4O11S2. The number of rotatable bonds is 8. The number of imide groups is 2. The third-order valence-corrected chi connectivity index (χ3v) is 10.3. The maximum Gasteiger partial charge on any atom is 0.328 e. The number of phenols is 2. The van der Waals surface area contributed by atoms with Crippen molar-refractivity contribution in [2.24, 2.45) is 0 Å². The fourth-order valence-electron chi connectivity index (χ4n) is 5.95. The van der Waals surface area contributed by atoms with Crippen molar-refractivity contribution in [3.63, 3.8) is 0 Å². The molecule has 15 nitrogen and oxygen atoms in total. The zero-order valence-electron chi connectivity index (χ0n) is 28.2. The molecule has 6 aromatic rings. The number of hydrogen-bond donors (Lipinski definition) is 8. The Bertz CT molecular complexity index is 2600. The number of phenolic OH excluding ortho intramolecular Hbond substituents is 2. The number of hydrogen-bond acceptors (Lipinski definition) is 11. The third-order valence-electron chi connectivity index (χ3n) is 8.50. The van der Waals surface area contributed by atoms with Crippen LogP contribution in [0, 0.1) is 13.8 Å². The second-order valence-corrected chi connectivity index (χ2v) is 14.9. The average Bonchev–Trinajstić information content (AvgIpc) is 3.08. The van der Waals surface area contributed by atoms with E-state index in [-0.39, 0.29) is 21.9 Å². The van der Waals surface area contributed by atoms with Crippen molar-refractivity contribution in [2.75, 3.05) is 10.6 Å². The molecule has 0 spiro atoms. The zero-order chi connectivity index (χ0) is 39.1. The predicted octanol–water partition coefficient (Wildman–Crippen LogP) is 6.28. The van der Waals surface area contributed by atoms with Gasteiger partial charge < -0.3 is 20.8 Å². The number of aryl methyl sites for hydroxylation is 2. The van der Waals surface area contributed by atoms with E-state index in [1.807, 2.05) is 0 Å². The van der Waals surface area contributed by atoms with E-state index in [1.165, 1.54) is 36.4 Å². The highest BCUT2D eigenvalue weighted by Gasteiger charge is 2.21. The van der Waals surface area contributed by atoms with E-state index in [1.54, 1.807) is 62.4 Å². The lowest BCUT2D eigenvalue weighted by Gasteiger charge is -2.14. The van der Waals surface area contributed by atoms with Crippen LogP contribution in [0.2, 0.25) is 0 Å². The minimum atomic E-state index is -4.65. The SMILES string of the molecule is Cc1cc(Nc2cccc3c(O)c(S(=O)(=O)O)ccc23)ccc1C(=O)NC(=O)NC(=O)c1ccc(Nc2cccc3c(O)c(S(=O)(=O)O)ccc23)cc1C. The van der Waals surface area contributed by atoms with Gasteiger partial charge in [-0.3, -0.25) is 29.3 Å². The summed E-state index contributed by atoms with van der Waals surface area (Å²) in [7, 11) is -9.30. The molecule has 0 unspecified atom stereocenters. The molecule has 8 N–H and O–H groups in total. The van der Waals surface area contributed by atoms with Gasteiger partial charge in [-0.05, 0) is 85.6 Å². The molecule has 0 fully saturated rings. The Kier molecular flexibility index (Phi) is 9.74. The molecule has 0 heterocycles. The van der Waals surface area contributed by atoms with Gasteiger partial charge in [-0.15, -0.1) is 0 Å². The molecule has 4 amide bonds. The van der Waals surface area contributed by atoms with Crippen LogP contribution in [0.1, 0.15) is 31.8 Å². The Balaban J connectivity index is 1.11. The van der Waals surface area contributed by atoms with E-state index < -0.39 is 59.4 Å². The molecule has 6 rings (SSSR count). The van der Waals surface area contributed by atoms with Crippen LogP contribution in [0.5, 0.6) is 11.5 Å². The summed E-state index contributed by atoms with van der Waals surface area (Å²) in [6, 6.07) is 22.7. The maximum atomic E-state index is 13.0. The van der Waals surface area contributed by atoms with Crippen molar-refractivity contribution in [3.05, 3.63) is 119 Å². The van der Waals surface area contributed by atoms with Crippen molar-refractivity contribution in [1.29, 1.82) is 0 Å². The van der Waals surface area contributed by atoms with Crippen molar-refractivity contribution in [3.8, 4) is 11.5 Å². The van der Waals surface area contributed by atoms with Gasteiger partial charge in [0.05, 0.1) is 0 Å². The van der Waals surface area contributed by atoms with Crippen molar-refractivity contribution in [1.82, 2.24) is 10.6 Å². The van der Waals surface area contributed by atoms with Crippen LogP contribution < -0.4 is 21.3 Å². The van der Waals surface area contributed by atoms with Gasteiger partial charge in [0.1, 0.15) is 21.3 Å². The average molecular weight is 771 g/mol. The van der Waals surface area contributed by atoms with Gasteiger partial charge >= 0.3 is 6.03 Å². The van der Waals surface area contributed by atoms with Gasteiger partial charge in [-0.2, -0.15) is 16.8 Å². The summed E-state index contributed by atoms with van der Waals surface area (Å²) in [5.74, 6) is -2.77. The predicted molar refractivity (Wildman–Crippen MR) is 200 cm³/mol. The minimum absolute atomic E-state index is 0.138. The molecule has 0 radical (unpaired) electrons. The molecule has 0 aliphatic heterocycles. The lowest BCUT2D eigenvalue weighted by Crippen LogP contribution is -2.42. The van der Waals surface area contributed by atoms with Crippen LogP contribution in [0.25, 0.3) is 21.5 Å². The molecule has 0 aliphatic carbocycles. The van der Waals surface area contributed by atoms with Gasteiger partial charge in [0, 0.05) is 55.4 Å². The van der Waals surface area contributed by atoms with Crippen LogP contribution in [0.15, 0.2) is 107 Å². The smallest absolute Gasteiger partial charge is 0.328 e.